The molecule has 0 heterocycles. The third-order valence-electron chi connectivity index (χ3n) is 1.63. The second kappa shape index (κ2) is 4.54. The van der Waals surface area contributed by atoms with Crippen molar-refractivity contribution in [1.29, 1.82) is 0 Å². The van der Waals surface area contributed by atoms with Gasteiger partial charge in [0.25, 0.3) is 6.47 Å². The summed E-state index contributed by atoms with van der Waals surface area (Å²) in [6.45, 7) is 2.78. The highest BCUT2D eigenvalue weighted by atomic mass is 16.5. The molecule has 0 saturated heterocycles. The molecule has 1 aromatic carbocycles. The first-order valence-electron chi connectivity index (χ1n) is 3.77. The third kappa shape index (κ3) is 2.38. The van der Waals surface area contributed by atoms with Crippen LogP contribution in [0.25, 0.3) is 0 Å². The first-order chi connectivity index (χ1) is 5.84. The molecule has 0 saturated carbocycles. The number of ether oxygens (including phenoxy) is 1. The van der Waals surface area contributed by atoms with E-state index in [0.717, 1.165) is 11.5 Å². The van der Waals surface area contributed by atoms with E-state index in [0.29, 0.717) is 13.1 Å². The van der Waals surface area contributed by atoms with E-state index in [-0.39, 0.29) is 0 Å². The summed E-state index contributed by atoms with van der Waals surface area (Å²) in [5.74, 6) is 1.06. The normalized spacial score (nSPS) is 9.83. The molecule has 12 heavy (non-hydrogen) atoms. The molecule has 0 fully saturated rings. The predicted molar refractivity (Wildman–Crippen MR) is 46.5 cm³/mol. The van der Waals surface area contributed by atoms with Gasteiger partial charge in [0.15, 0.2) is 0 Å². The molecule has 0 aliphatic carbocycles. The predicted octanol–water partition coefficient (Wildman–Crippen LogP) is 1.80. The second-order valence-electron chi connectivity index (χ2n) is 2.55. The minimum absolute atomic E-state index is 0.369. The monoisotopic (exact) mass is 163 g/mol. The number of carbonyl (C=O) groups is 1. The van der Waals surface area contributed by atoms with Crippen LogP contribution in [0.15, 0.2) is 30.3 Å². The Balaban J connectivity index is 2.53. The molecule has 0 aliphatic heterocycles. The average molecular weight is 163 g/mol. The van der Waals surface area contributed by atoms with Gasteiger partial charge in [-0.05, 0) is 5.56 Å². The van der Waals surface area contributed by atoms with Gasteiger partial charge in [0.05, 0.1) is 0 Å². The molecule has 2 heteroatoms. The molecule has 0 unspecified atom stereocenters. The minimum atomic E-state index is 0.369. The summed E-state index contributed by atoms with van der Waals surface area (Å²) in [5, 5.41) is 0. The summed E-state index contributed by atoms with van der Waals surface area (Å²) in [6, 6.07) is 9.85. The van der Waals surface area contributed by atoms with Crippen LogP contribution in [0.2, 0.25) is 0 Å². The first-order valence-corrected chi connectivity index (χ1v) is 3.77. The smallest absolute Gasteiger partial charge is 0.293 e. The molecular formula is C10H11O2. The van der Waals surface area contributed by atoms with Gasteiger partial charge in [-0.3, -0.25) is 4.79 Å². The standard InChI is InChI=1S/C10H11O2/c1-9(7-12-8-11)10-5-3-2-4-6-10/h2-6,8H,7H2,1H3. The topological polar surface area (TPSA) is 26.3 Å². The Morgan fingerprint density at radius 1 is 1.42 bits per heavy atom. The van der Waals surface area contributed by atoms with Crippen LogP contribution in [0, 0.1) is 5.92 Å². The van der Waals surface area contributed by atoms with E-state index in [2.05, 4.69) is 4.74 Å². The summed E-state index contributed by atoms with van der Waals surface area (Å²) in [5.41, 5.74) is 1.11. The van der Waals surface area contributed by atoms with E-state index in [4.69, 9.17) is 0 Å². The molecule has 0 aromatic heterocycles. The van der Waals surface area contributed by atoms with Crippen LogP contribution in [0.3, 0.4) is 0 Å². The molecule has 0 atom stereocenters. The van der Waals surface area contributed by atoms with Crippen LogP contribution < -0.4 is 0 Å². The Kier molecular flexibility index (Phi) is 3.33. The minimum Gasteiger partial charge on any atom is -0.467 e. The van der Waals surface area contributed by atoms with Crippen molar-refractivity contribution < 1.29 is 9.53 Å². The lowest BCUT2D eigenvalue weighted by atomic mass is 10.0. The fraction of sp³-hybridized carbons (Fsp3) is 0.200. The lowest BCUT2D eigenvalue weighted by Crippen LogP contribution is -2.03. The van der Waals surface area contributed by atoms with Gasteiger partial charge < -0.3 is 4.74 Å². The number of rotatable bonds is 4. The lowest BCUT2D eigenvalue weighted by Gasteiger charge is -2.08. The van der Waals surface area contributed by atoms with Crippen molar-refractivity contribution in [2.24, 2.45) is 0 Å². The zero-order chi connectivity index (χ0) is 8.81. The molecule has 1 rings (SSSR count). The Labute approximate surface area is 72.2 Å². The maximum Gasteiger partial charge on any atom is 0.293 e. The Bertz CT molecular complexity index is 231. The average Bonchev–Trinajstić information content (AvgIpc) is 2.15. The molecule has 1 aromatic rings. The molecule has 0 aliphatic rings. The summed E-state index contributed by atoms with van der Waals surface area (Å²) in [6.07, 6.45) is 0. The summed E-state index contributed by atoms with van der Waals surface area (Å²) < 4.78 is 4.63. The third-order valence-corrected chi connectivity index (χ3v) is 1.63. The molecule has 2 nitrogen and oxygen atoms in total. The van der Waals surface area contributed by atoms with Crippen LogP contribution in [0.4, 0.5) is 0 Å². The summed E-state index contributed by atoms with van der Waals surface area (Å²) >= 11 is 0. The van der Waals surface area contributed by atoms with E-state index in [9.17, 15) is 4.79 Å². The summed E-state index contributed by atoms with van der Waals surface area (Å²) in [7, 11) is 0. The van der Waals surface area contributed by atoms with E-state index < -0.39 is 0 Å². The van der Waals surface area contributed by atoms with Gasteiger partial charge in [-0.25, -0.2) is 0 Å². The maximum atomic E-state index is 9.91. The van der Waals surface area contributed by atoms with Gasteiger partial charge in [0.1, 0.15) is 6.61 Å². The van der Waals surface area contributed by atoms with Crippen LogP contribution >= 0.6 is 0 Å². The van der Waals surface area contributed by atoms with E-state index in [1.54, 1.807) is 0 Å². The molecule has 0 bridgehead atoms. The van der Waals surface area contributed by atoms with Crippen LogP contribution in [0.5, 0.6) is 0 Å². The van der Waals surface area contributed by atoms with Crippen LogP contribution in [0.1, 0.15) is 12.5 Å². The maximum absolute atomic E-state index is 9.91. The van der Waals surface area contributed by atoms with Gasteiger partial charge in [-0.1, -0.05) is 37.3 Å². The number of benzene rings is 1. The van der Waals surface area contributed by atoms with Gasteiger partial charge >= 0.3 is 0 Å². The van der Waals surface area contributed by atoms with Crippen LogP contribution in [-0.4, -0.2) is 13.1 Å². The Morgan fingerprint density at radius 3 is 2.67 bits per heavy atom. The van der Waals surface area contributed by atoms with Gasteiger partial charge in [-0.15, -0.1) is 0 Å². The van der Waals surface area contributed by atoms with Crippen LogP contribution in [-0.2, 0) is 9.53 Å². The zero-order valence-electron chi connectivity index (χ0n) is 6.99. The second-order valence-corrected chi connectivity index (χ2v) is 2.55. The molecular weight excluding hydrogens is 152 g/mol. The van der Waals surface area contributed by atoms with Crippen molar-refractivity contribution in [3.05, 3.63) is 41.8 Å². The number of hydrogen-bond acceptors (Lipinski definition) is 2. The van der Waals surface area contributed by atoms with Crippen molar-refractivity contribution in [3.63, 3.8) is 0 Å². The number of hydrogen-bond donors (Lipinski definition) is 0. The zero-order valence-corrected chi connectivity index (χ0v) is 6.99. The van der Waals surface area contributed by atoms with Crippen molar-refractivity contribution in [3.8, 4) is 0 Å². The van der Waals surface area contributed by atoms with E-state index in [1.807, 2.05) is 37.3 Å². The summed E-state index contributed by atoms with van der Waals surface area (Å²) in [4.78, 5) is 9.91. The highest BCUT2D eigenvalue weighted by Crippen LogP contribution is 2.12. The van der Waals surface area contributed by atoms with Gasteiger partial charge in [0, 0.05) is 5.92 Å². The van der Waals surface area contributed by atoms with E-state index >= 15 is 0 Å². The highest BCUT2D eigenvalue weighted by Gasteiger charge is 2.04. The molecule has 1 radical (unpaired) electrons. The van der Waals surface area contributed by atoms with Crippen molar-refractivity contribution in [2.75, 3.05) is 6.61 Å². The molecule has 0 N–H and O–H groups in total. The van der Waals surface area contributed by atoms with Gasteiger partial charge in [0.2, 0.25) is 0 Å². The van der Waals surface area contributed by atoms with Crippen molar-refractivity contribution in [1.82, 2.24) is 0 Å². The van der Waals surface area contributed by atoms with Crippen molar-refractivity contribution in [2.45, 2.75) is 6.92 Å². The fourth-order valence-electron chi connectivity index (χ4n) is 0.965. The first kappa shape index (κ1) is 8.78. The largest absolute Gasteiger partial charge is 0.467 e. The Hall–Kier alpha value is -1.31. The Morgan fingerprint density at radius 2 is 2.08 bits per heavy atom. The quantitative estimate of drug-likeness (QED) is 0.633. The number of carbonyl (C=O) groups excluding carboxylic acids is 1. The SMILES string of the molecule is C[C](COC=O)c1ccccc1. The van der Waals surface area contributed by atoms with Crippen molar-refractivity contribution >= 4 is 6.47 Å². The molecule has 0 spiro atoms. The lowest BCUT2D eigenvalue weighted by molar-refractivity contribution is -0.128. The van der Waals surface area contributed by atoms with E-state index in [1.165, 1.54) is 0 Å². The molecule has 0 amide bonds. The fourth-order valence-corrected chi connectivity index (χ4v) is 0.965. The highest BCUT2D eigenvalue weighted by molar-refractivity contribution is 5.38. The molecule has 63 valence electrons. The van der Waals surface area contributed by atoms with Gasteiger partial charge in [-0.2, -0.15) is 0 Å².